The zero-order valence-electron chi connectivity index (χ0n) is 17.5. The summed E-state index contributed by atoms with van der Waals surface area (Å²) in [5, 5.41) is 3.03. The molecule has 1 saturated heterocycles. The van der Waals surface area contributed by atoms with Crippen LogP contribution in [0.1, 0.15) is 76.3 Å². The second-order valence-corrected chi connectivity index (χ2v) is 9.62. The molecule has 1 N–H and O–H groups in total. The number of carbonyl (C=O) groups excluding carboxylic acids is 3. The van der Waals surface area contributed by atoms with Gasteiger partial charge >= 0.3 is 6.09 Å². The van der Waals surface area contributed by atoms with Gasteiger partial charge in [-0.3, -0.25) is 9.59 Å². The van der Waals surface area contributed by atoms with E-state index in [9.17, 15) is 14.4 Å². The Morgan fingerprint density at radius 1 is 1.14 bits per heavy atom. The van der Waals surface area contributed by atoms with Crippen LogP contribution in [0.4, 0.5) is 10.5 Å². The number of nitrogens with zero attached hydrogens (tertiary/aromatic N) is 1. The van der Waals surface area contributed by atoms with Gasteiger partial charge in [-0.1, -0.05) is 12.1 Å². The maximum atomic E-state index is 12.8. The van der Waals surface area contributed by atoms with Crippen molar-refractivity contribution in [3.8, 4) is 0 Å². The fourth-order valence-corrected chi connectivity index (χ4v) is 4.86. The van der Waals surface area contributed by atoms with Gasteiger partial charge in [-0.05, 0) is 69.6 Å². The van der Waals surface area contributed by atoms with Gasteiger partial charge in [-0.25, -0.2) is 4.79 Å². The molecule has 156 valence electrons. The zero-order chi connectivity index (χ0) is 20.8. The smallest absolute Gasteiger partial charge is 0.410 e. The van der Waals surface area contributed by atoms with Crippen LogP contribution >= 0.6 is 0 Å². The third-order valence-electron chi connectivity index (χ3n) is 6.52. The van der Waals surface area contributed by atoms with Crippen molar-refractivity contribution >= 4 is 23.5 Å². The van der Waals surface area contributed by atoms with Gasteiger partial charge < -0.3 is 15.0 Å². The van der Waals surface area contributed by atoms with E-state index in [2.05, 4.69) is 17.4 Å². The molecule has 2 fully saturated rings. The van der Waals surface area contributed by atoms with Gasteiger partial charge in [0.05, 0.1) is 5.41 Å². The number of piperidine rings is 1. The van der Waals surface area contributed by atoms with Crippen molar-refractivity contribution in [2.24, 2.45) is 0 Å². The van der Waals surface area contributed by atoms with E-state index in [-0.39, 0.29) is 17.8 Å². The fraction of sp³-hybridized carbons (Fsp3) is 0.609. The minimum Gasteiger partial charge on any atom is -0.444 e. The number of likely N-dealkylation sites (tertiary alicyclic amines) is 1. The van der Waals surface area contributed by atoms with Crippen LogP contribution in [-0.4, -0.2) is 41.4 Å². The van der Waals surface area contributed by atoms with E-state index in [0.717, 1.165) is 24.1 Å². The largest absolute Gasteiger partial charge is 0.444 e. The summed E-state index contributed by atoms with van der Waals surface area (Å²) in [6.07, 6.45) is 3.67. The number of anilines is 1. The minimum absolute atomic E-state index is 0.0388. The van der Waals surface area contributed by atoms with Crippen LogP contribution in [0.25, 0.3) is 0 Å². The van der Waals surface area contributed by atoms with E-state index in [1.165, 1.54) is 5.56 Å². The molecule has 1 spiro atoms. The number of hydrogen-bond acceptors (Lipinski definition) is 4. The summed E-state index contributed by atoms with van der Waals surface area (Å²) >= 11 is 0. The molecule has 3 aliphatic rings. The Labute approximate surface area is 172 Å². The van der Waals surface area contributed by atoms with Crippen LogP contribution in [0.2, 0.25) is 0 Å². The molecule has 6 nitrogen and oxygen atoms in total. The first-order valence-electron chi connectivity index (χ1n) is 10.6. The van der Waals surface area contributed by atoms with E-state index in [0.29, 0.717) is 44.7 Å². The summed E-state index contributed by atoms with van der Waals surface area (Å²) in [4.78, 5) is 38.6. The van der Waals surface area contributed by atoms with Crippen LogP contribution in [0.15, 0.2) is 18.2 Å². The molecule has 6 heteroatoms. The highest BCUT2D eigenvalue weighted by Crippen LogP contribution is 2.48. The van der Waals surface area contributed by atoms with E-state index in [1.807, 2.05) is 26.8 Å². The molecule has 2 heterocycles. The molecule has 2 amide bonds. The number of benzene rings is 1. The number of Topliss-reactive ketones (excluding diaryl/α,β-unsaturated/α-hetero) is 1. The first-order valence-corrected chi connectivity index (χ1v) is 10.6. The van der Waals surface area contributed by atoms with E-state index >= 15 is 0 Å². The predicted molar refractivity (Wildman–Crippen MR) is 110 cm³/mol. The Bertz CT molecular complexity index is 837. The van der Waals surface area contributed by atoms with Gasteiger partial charge in [-0.15, -0.1) is 0 Å². The molecule has 1 saturated carbocycles. The Morgan fingerprint density at radius 2 is 1.79 bits per heavy atom. The molecule has 0 aromatic heterocycles. The quantitative estimate of drug-likeness (QED) is 0.772. The van der Waals surface area contributed by atoms with Crippen LogP contribution < -0.4 is 5.32 Å². The molecule has 2 aliphatic heterocycles. The molecule has 4 rings (SSSR count). The van der Waals surface area contributed by atoms with Crippen molar-refractivity contribution in [3.05, 3.63) is 29.3 Å². The normalized spacial score (nSPS) is 21.8. The van der Waals surface area contributed by atoms with Crippen LogP contribution in [0.5, 0.6) is 0 Å². The first kappa shape index (κ1) is 19.9. The Kier molecular flexibility index (Phi) is 4.91. The Balaban J connectivity index is 1.48. The number of ketones is 1. The highest BCUT2D eigenvalue weighted by Gasteiger charge is 2.48. The van der Waals surface area contributed by atoms with Crippen molar-refractivity contribution in [3.63, 3.8) is 0 Å². The molecule has 1 aliphatic carbocycles. The highest BCUT2D eigenvalue weighted by molar-refractivity contribution is 6.07. The lowest BCUT2D eigenvalue weighted by Gasteiger charge is -2.34. The first-order chi connectivity index (χ1) is 13.7. The molecule has 29 heavy (non-hydrogen) atoms. The zero-order valence-corrected chi connectivity index (χ0v) is 17.5. The number of hydrogen-bond donors (Lipinski definition) is 1. The SMILES string of the molecule is CC(C)(C)OC(=O)N1CCC(c2ccc3c(c2)C2(CCC(=O)CC2)C(=O)N3)CC1. The topological polar surface area (TPSA) is 75.7 Å². The second-order valence-electron chi connectivity index (χ2n) is 9.62. The van der Waals surface area contributed by atoms with Crippen LogP contribution in [-0.2, 0) is 19.7 Å². The average Bonchev–Trinajstić information content (AvgIpc) is 2.94. The second kappa shape index (κ2) is 7.15. The number of rotatable bonds is 1. The average molecular weight is 399 g/mol. The maximum absolute atomic E-state index is 12.8. The molecule has 0 radical (unpaired) electrons. The van der Waals surface area contributed by atoms with Gasteiger partial charge in [0.25, 0.3) is 0 Å². The molecule has 0 atom stereocenters. The Morgan fingerprint density at radius 3 is 2.41 bits per heavy atom. The molecule has 1 aromatic rings. The molecule has 0 unspecified atom stereocenters. The number of amides is 2. The number of fused-ring (bicyclic) bond motifs is 2. The summed E-state index contributed by atoms with van der Waals surface area (Å²) < 4.78 is 5.49. The summed E-state index contributed by atoms with van der Waals surface area (Å²) in [7, 11) is 0. The molecule has 1 aromatic carbocycles. The molecular formula is C23H30N2O4. The van der Waals surface area contributed by atoms with Crippen molar-refractivity contribution in [1.29, 1.82) is 0 Å². The van der Waals surface area contributed by atoms with Crippen molar-refractivity contribution < 1.29 is 19.1 Å². The summed E-state index contributed by atoms with van der Waals surface area (Å²) in [6, 6.07) is 6.28. The standard InChI is InChI=1S/C23H30N2O4/c1-22(2,3)29-21(28)25-12-8-15(9-13-25)16-4-5-19-18(14-16)23(20(27)24-19)10-6-17(26)7-11-23/h4-5,14-15H,6-13H2,1-3H3,(H,24,27). The van der Waals surface area contributed by atoms with E-state index in [1.54, 1.807) is 4.90 Å². The van der Waals surface area contributed by atoms with E-state index < -0.39 is 11.0 Å². The predicted octanol–water partition coefficient (Wildman–Crippen LogP) is 4.13. The van der Waals surface area contributed by atoms with Crippen molar-refractivity contribution in [2.45, 2.75) is 76.2 Å². The number of ether oxygens (including phenoxy) is 1. The van der Waals surface area contributed by atoms with Crippen molar-refractivity contribution in [2.75, 3.05) is 18.4 Å². The van der Waals surface area contributed by atoms with Gasteiger partial charge in [0.15, 0.2) is 0 Å². The van der Waals surface area contributed by atoms with Gasteiger partial charge in [0.1, 0.15) is 11.4 Å². The van der Waals surface area contributed by atoms with Crippen molar-refractivity contribution in [1.82, 2.24) is 4.90 Å². The molecular weight excluding hydrogens is 368 g/mol. The lowest BCUT2D eigenvalue weighted by atomic mass is 9.69. The lowest BCUT2D eigenvalue weighted by molar-refractivity contribution is -0.126. The van der Waals surface area contributed by atoms with Crippen LogP contribution in [0, 0.1) is 0 Å². The monoisotopic (exact) mass is 398 g/mol. The summed E-state index contributed by atoms with van der Waals surface area (Å²) in [5.74, 6) is 0.649. The Hall–Kier alpha value is -2.37. The van der Waals surface area contributed by atoms with Gasteiger partial charge in [-0.2, -0.15) is 0 Å². The van der Waals surface area contributed by atoms with Crippen LogP contribution in [0.3, 0.4) is 0 Å². The summed E-state index contributed by atoms with van der Waals surface area (Å²) in [5.41, 5.74) is 2.14. The maximum Gasteiger partial charge on any atom is 0.410 e. The fourth-order valence-electron chi connectivity index (χ4n) is 4.86. The highest BCUT2D eigenvalue weighted by atomic mass is 16.6. The van der Waals surface area contributed by atoms with E-state index in [4.69, 9.17) is 4.74 Å². The summed E-state index contributed by atoms with van der Waals surface area (Å²) in [6.45, 7) is 6.99. The van der Waals surface area contributed by atoms with Gasteiger partial charge in [0.2, 0.25) is 5.91 Å². The third-order valence-corrected chi connectivity index (χ3v) is 6.52. The lowest BCUT2D eigenvalue weighted by Crippen LogP contribution is -2.41. The third kappa shape index (κ3) is 3.77. The number of nitrogens with one attached hydrogen (secondary N) is 1. The minimum atomic E-state index is -0.545. The van der Waals surface area contributed by atoms with Gasteiger partial charge in [0, 0.05) is 31.6 Å². The molecule has 0 bridgehead atoms. The number of carbonyl (C=O) groups is 3.